The van der Waals surface area contributed by atoms with Gasteiger partial charge in [-0.15, -0.1) is 0 Å². The van der Waals surface area contributed by atoms with Crippen LogP contribution in [0.15, 0.2) is 30.6 Å². The molecule has 5 heteroatoms. The summed E-state index contributed by atoms with van der Waals surface area (Å²) in [6, 6.07) is 4.82. The summed E-state index contributed by atoms with van der Waals surface area (Å²) in [5, 5.41) is 8.93. The standard InChI is InChI=1S/C12H10ClFN2O/c13-10-3-1-2-9(12(10)14)4-11-15-5-8(7-17)6-16-11/h1-3,5-6,17H,4,7H2. The highest BCUT2D eigenvalue weighted by Gasteiger charge is 2.08. The Morgan fingerprint density at radius 2 is 1.94 bits per heavy atom. The molecule has 1 N–H and O–H groups in total. The third kappa shape index (κ3) is 2.78. The summed E-state index contributed by atoms with van der Waals surface area (Å²) in [5.41, 5.74) is 1.08. The number of hydrogen-bond donors (Lipinski definition) is 1. The maximum atomic E-state index is 13.6. The Morgan fingerprint density at radius 1 is 1.24 bits per heavy atom. The van der Waals surface area contributed by atoms with Gasteiger partial charge in [0.05, 0.1) is 11.6 Å². The molecule has 17 heavy (non-hydrogen) atoms. The van der Waals surface area contributed by atoms with E-state index in [1.165, 1.54) is 18.5 Å². The Kier molecular flexibility index (Phi) is 3.66. The molecule has 0 bridgehead atoms. The van der Waals surface area contributed by atoms with Crippen molar-refractivity contribution in [3.05, 3.63) is 58.4 Å². The maximum absolute atomic E-state index is 13.6. The first kappa shape index (κ1) is 12.0. The highest BCUT2D eigenvalue weighted by atomic mass is 35.5. The van der Waals surface area contributed by atoms with Gasteiger partial charge in [0.2, 0.25) is 0 Å². The highest BCUT2D eigenvalue weighted by Crippen LogP contribution is 2.19. The number of aromatic nitrogens is 2. The lowest BCUT2D eigenvalue weighted by Gasteiger charge is -2.04. The molecule has 0 radical (unpaired) electrons. The lowest BCUT2D eigenvalue weighted by molar-refractivity contribution is 0.280. The fourth-order valence-corrected chi connectivity index (χ4v) is 1.60. The van der Waals surface area contributed by atoms with Crippen molar-refractivity contribution in [1.29, 1.82) is 0 Å². The Bertz CT molecular complexity index is 516. The van der Waals surface area contributed by atoms with E-state index in [2.05, 4.69) is 9.97 Å². The average Bonchev–Trinajstić information content (AvgIpc) is 2.36. The van der Waals surface area contributed by atoms with Crippen LogP contribution in [0.3, 0.4) is 0 Å². The van der Waals surface area contributed by atoms with Gasteiger partial charge in [-0.05, 0) is 11.6 Å². The third-order valence-electron chi connectivity index (χ3n) is 2.32. The molecule has 2 aromatic rings. The molecule has 1 aromatic heterocycles. The summed E-state index contributed by atoms with van der Waals surface area (Å²) in [4.78, 5) is 8.07. The number of nitrogens with zero attached hydrogens (tertiary/aromatic N) is 2. The second-order valence-corrected chi connectivity index (χ2v) is 3.96. The molecular weight excluding hydrogens is 243 g/mol. The van der Waals surface area contributed by atoms with Crippen molar-refractivity contribution in [2.24, 2.45) is 0 Å². The van der Waals surface area contributed by atoms with Gasteiger partial charge in [0.1, 0.15) is 11.6 Å². The van der Waals surface area contributed by atoms with Crippen LogP contribution in [0.1, 0.15) is 17.0 Å². The fraction of sp³-hybridized carbons (Fsp3) is 0.167. The van der Waals surface area contributed by atoms with Crippen LogP contribution in [0.25, 0.3) is 0 Å². The quantitative estimate of drug-likeness (QED) is 0.912. The minimum absolute atomic E-state index is 0.0921. The number of halogens is 2. The molecule has 0 aliphatic heterocycles. The predicted octanol–water partition coefficient (Wildman–Crippen LogP) is 2.35. The van der Waals surface area contributed by atoms with Crippen LogP contribution in [-0.4, -0.2) is 15.1 Å². The van der Waals surface area contributed by atoms with Gasteiger partial charge in [-0.2, -0.15) is 0 Å². The summed E-state index contributed by atoms with van der Waals surface area (Å²) in [6.45, 7) is -0.105. The van der Waals surface area contributed by atoms with Crippen molar-refractivity contribution in [1.82, 2.24) is 9.97 Å². The predicted molar refractivity (Wildman–Crippen MR) is 62.2 cm³/mol. The van der Waals surface area contributed by atoms with Gasteiger partial charge >= 0.3 is 0 Å². The van der Waals surface area contributed by atoms with Crippen LogP contribution >= 0.6 is 11.6 Å². The van der Waals surface area contributed by atoms with Crippen LogP contribution in [0, 0.1) is 5.82 Å². The van der Waals surface area contributed by atoms with E-state index >= 15 is 0 Å². The van der Waals surface area contributed by atoms with Crippen LogP contribution in [-0.2, 0) is 13.0 Å². The molecule has 1 aromatic carbocycles. The monoisotopic (exact) mass is 252 g/mol. The topological polar surface area (TPSA) is 46.0 Å². The van der Waals surface area contributed by atoms with E-state index < -0.39 is 5.82 Å². The second-order valence-electron chi connectivity index (χ2n) is 3.56. The second kappa shape index (κ2) is 5.21. The minimum atomic E-state index is -0.441. The molecule has 0 saturated heterocycles. The Hall–Kier alpha value is -1.52. The van der Waals surface area contributed by atoms with Crippen molar-refractivity contribution in [2.45, 2.75) is 13.0 Å². The molecule has 0 amide bonds. The molecule has 0 spiro atoms. The van der Waals surface area contributed by atoms with Crippen molar-refractivity contribution in [2.75, 3.05) is 0 Å². The van der Waals surface area contributed by atoms with Crippen molar-refractivity contribution < 1.29 is 9.50 Å². The lowest BCUT2D eigenvalue weighted by atomic mass is 10.1. The van der Waals surface area contributed by atoms with E-state index in [-0.39, 0.29) is 18.1 Å². The maximum Gasteiger partial charge on any atom is 0.145 e. The molecule has 0 atom stereocenters. The van der Waals surface area contributed by atoms with Crippen LogP contribution in [0.4, 0.5) is 4.39 Å². The van der Waals surface area contributed by atoms with Gasteiger partial charge in [-0.3, -0.25) is 0 Å². The van der Waals surface area contributed by atoms with Gasteiger partial charge in [0.25, 0.3) is 0 Å². The number of rotatable bonds is 3. The van der Waals surface area contributed by atoms with Gasteiger partial charge in [0.15, 0.2) is 0 Å². The first-order valence-corrected chi connectivity index (χ1v) is 5.42. The molecule has 0 aliphatic carbocycles. The van der Waals surface area contributed by atoms with E-state index in [1.807, 2.05) is 0 Å². The molecule has 0 saturated carbocycles. The normalized spacial score (nSPS) is 10.5. The first-order chi connectivity index (χ1) is 8.20. The Balaban J connectivity index is 2.22. The largest absolute Gasteiger partial charge is 0.392 e. The van der Waals surface area contributed by atoms with E-state index in [9.17, 15) is 4.39 Å². The van der Waals surface area contributed by atoms with Crippen molar-refractivity contribution in [3.63, 3.8) is 0 Å². The zero-order chi connectivity index (χ0) is 12.3. The van der Waals surface area contributed by atoms with Crippen LogP contribution in [0.2, 0.25) is 5.02 Å². The third-order valence-corrected chi connectivity index (χ3v) is 2.61. The Labute approximate surface area is 103 Å². The van der Waals surface area contributed by atoms with E-state index in [0.29, 0.717) is 17.0 Å². The van der Waals surface area contributed by atoms with Gasteiger partial charge in [-0.1, -0.05) is 23.7 Å². The number of aliphatic hydroxyl groups excluding tert-OH is 1. The number of hydrogen-bond acceptors (Lipinski definition) is 3. The van der Waals surface area contributed by atoms with Crippen molar-refractivity contribution in [3.8, 4) is 0 Å². The van der Waals surface area contributed by atoms with Crippen molar-refractivity contribution >= 4 is 11.6 Å². The summed E-state index contributed by atoms with van der Waals surface area (Å²) in [7, 11) is 0. The smallest absolute Gasteiger partial charge is 0.145 e. The average molecular weight is 253 g/mol. The van der Waals surface area contributed by atoms with E-state index in [4.69, 9.17) is 16.7 Å². The summed E-state index contributed by atoms with van der Waals surface area (Å²) in [6.07, 6.45) is 3.31. The Morgan fingerprint density at radius 3 is 2.59 bits per heavy atom. The molecule has 88 valence electrons. The first-order valence-electron chi connectivity index (χ1n) is 5.04. The molecule has 3 nitrogen and oxygen atoms in total. The summed E-state index contributed by atoms with van der Waals surface area (Å²) >= 11 is 5.68. The minimum Gasteiger partial charge on any atom is -0.392 e. The van der Waals surface area contributed by atoms with Gasteiger partial charge in [-0.25, -0.2) is 14.4 Å². The molecule has 2 rings (SSSR count). The van der Waals surface area contributed by atoms with Gasteiger partial charge in [0, 0.05) is 24.4 Å². The van der Waals surface area contributed by atoms with E-state index in [0.717, 1.165) is 0 Å². The van der Waals surface area contributed by atoms with Gasteiger partial charge < -0.3 is 5.11 Å². The highest BCUT2D eigenvalue weighted by molar-refractivity contribution is 6.30. The zero-order valence-corrected chi connectivity index (χ0v) is 9.65. The van der Waals surface area contributed by atoms with Crippen LogP contribution < -0.4 is 0 Å². The molecule has 1 heterocycles. The van der Waals surface area contributed by atoms with E-state index in [1.54, 1.807) is 12.1 Å². The molecule has 0 unspecified atom stereocenters. The summed E-state index contributed by atoms with van der Waals surface area (Å²) < 4.78 is 13.6. The number of aliphatic hydroxyl groups is 1. The zero-order valence-electron chi connectivity index (χ0n) is 8.90. The molecule has 0 aliphatic rings. The van der Waals surface area contributed by atoms with Crippen LogP contribution in [0.5, 0.6) is 0 Å². The molecular formula is C12H10ClFN2O. The molecule has 0 fully saturated rings. The fourth-order valence-electron chi connectivity index (χ4n) is 1.41. The SMILES string of the molecule is OCc1cnc(Cc2cccc(Cl)c2F)nc1. The lowest BCUT2D eigenvalue weighted by Crippen LogP contribution is -2.00. The summed E-state index contributed by atoms with van der Waals surface area (Å²) in [5.74, 6) is 0.0485. The number of benzene rings is 1.